The molecule has 0 heterocycles. The van der Waals surface area contributed by atoms with Crippen LogP contribution in [0.25, 0.3) is 0 Å². The van der Waals surface area contributed by atoms with Crippen molar-refractivity contribution in [2.24, 2.45) is 5.73 Å². The van der Waals surface area contributed by atoms with Crippen molar-refractivity contribution in [3.63, 3.8) is 0 Å². The average Bonchev–Trinajstić information content (AvgIpc) is 2.17. The van der Waals surface area contributed by atoms with Crippen molar-refractivity contribution < 1.29 is 19.8 Å². The number of rotatable bonds is 8. The minimum absolute atomic E-state index is 0.377. The van der Waals surface area contributed by atoms with Gasteiger partial charge < -0.3 is 15.9 Å². The van der Waals surface area contributed by atoms with E-state index in [1.165, 1.54) is 19.0 Å². The molecule has 0 bridgehead atoms. The first-order chi connectivity index (χ1) is 7.40. The van der Waals surface area contributed by atoms with Gasteiger partial charge in [-0.05, 0) is 26.3 Å². The first-order valence-electron chi connectivity index (χ1n) is 5.04. The first-order valence-corrected chi connectivity index (χ1v) is 5.04. The van der Waals surface area contributed by atoms with Crippen molar-refractivity contribution in [3.05, 3.63) is 0 Å². The van der Waals surface area contributed by atoms with Gasteiger partial charge in [-0.15, -0.1) is 0 Å². The van der Waals surface area contributed by atoms with Crippen LogP contribution in [0.4, 0.5) is 0 Å². The molecule has 0 spiro atoms. The van der Waals surface area contributed by atoms with Gasteiger partial charge in [-0.3, -0.25) is 9.59 Å². The standard InChI is InChI=1S/C9H19N3O4/c1-6(8(13)14)11-12(2)7(9(15)16)4-3-5-10/h6-7,11H,3-5,10H2,1-2H3,(H,13,14)(H,15,16)/t6-,7-/m0/s1. The maximum Gasteiger partial charge on any atom is 0.322 e. The molecular weight excluding hydrogens is 214 g/mol. The highest BCUT2D eigenvalue weighted by atomic mass is 16.4. The van der Waals surface area contributed by atoms with Crippen molar-refractivity contribution in [1.82, 2.24) is 10.4 Å². The van der Waals surface area contributed by atoms with Crippen molar-refractivity contribution in [2.45, 2.75) is 31.8 Å². The monoisotopic (exact) mass is 233 g/mol. The molecule has 0 radical (unpaired) electrons. The van der Waals surface area contributed by atoms with E-state index < -0.39 is 24.0 Å². The normalized spacial score (nSPS) is 14.8. The van der Waals surface area contributed by atoms with Gasteiger partial charge in [-0.25, -0.2) is 10.4 Å². The van der Waals surface area contributed by atoms with Crippen LogP contribution in [-0.4, -0.2) is 52.8 Å². The zero-order valence-corrected chi connectivity index (χ0v) is 9.51. The third kappa shape index (κ3) is 5.06. The van der Waals surface area contributed by atoms with Gasteiger partial charge in [-0.1, -0.05) is 0 Å². The molecule has 0 rings (SSSR count). The second-order valence-corrected chi connectivity index (χ2v) is 3.58. The van der Waals surface area contributed by atoms with E-state index in [9.17, 15) is 9.59 Å². The third-order valence-electron chi connectivity index (χ3n) is 2.20. The summed E-state index contributed by atoms with van der Waals surface area (Å²) in [5.41, 5.74) is 7.88. The van der Waals surface area contributed by atoms with Crippen LogP contribution in [0.3, 0.4) is 0 Å². The van der Waals surface area contributed by atoms with Crippen molar-refractivity contribution in [3.8, 4) is 0 Å². The minimum Gasteiger partial charge on any atom is -0.480 e. The molecule has 0 aliphatic heterocycles. The number of nitrogens with two attached hydrogens (primary N) is 1. The van der Waals surface area contributed by atoms with Gasteiger partial charge in [0.1, 0.15) is 12.1 Å². The molecule has 0 fully saturated rings. The van der Waals surface area contributed by atoms with Gasteiger partial charge in [0.2, 0.25) is 0 Å². The predicted octanol–water partition coefficient (Wildman–Crippen LogP) is -0.912. The predicted molar refractivity (Wildman–Crippen MR) is 57.7 cm³/mol. The van der Waals surface area contributed by atoms with Crippen LogP contribution < -0.4 is 11.2 Å². The number of hydrogen-bond donors (Lipinski definition) is 4. The highest BCUT2D eigenvalue weighted by Crippen LogP contribution is 2.03. The number of nitrogens with zero attached hydrogens (tertiary/aromatic N) is 1. The largest absolute Gasteiger partial charge is 0.480 e. The van der Waals surface area contributed by atoms with Gasteiger partial charge >= 0.3 is 11.9 Å². The fourth-order valence-corrected chi connectivity index (χ4v) is 1.24. The first kappa shape index (κ1) is 14.8. The van der Waals surface area contributed by atoms with E-state index in [0.29, 0.717) is 19.4 Å². The Morgan fingerprint density at radius 2 is 1.94 bits per heavy atom. The zero-order chi connectivity index (χ0) is 12.7. The van der Waals surface area contributed by atoms with Gasteiger partial charge in [0, 0.05) is 7.05 Å². The van der Waals surface area contributed by atoms with Crippen molar-refractivity contribution in [2.75, 3.05) is 13.6 Å². The Bertz CT molecular complexity index is 247. The average molecular weight is 233 g/mol. The van der Waals surface area contributed by atoms with Crippen LogP contribution in [0.1, 0.15) is 19.8 Å². The quantitative estimate of drug-likeness (QED) is 0.401. The Balaban J connectivity index is 4.32. The number of carboxylic acid groups (broad SMARTS) is 2. The molecule has 0 unspecified atom stereocenters. The lowest BCUT2D eigenvalue weighted by atomic mass is 10.1. The van der Waals surface area contributed by atoms with E-state index in [2.05, 4.69) is 5.43 Å². The second-order valence-electron chi connectivity index (χ2n) is 3.58. The lowest BCUT2D eigenvalue weighted by Crippen LogP contribution is -2.52. The Labute approximate surface area is 94.2 Å². The van der Waals surface area contributed by atoms with Crippen LogP contribution in [-0.2, 0) is 9.59 Å². The van der Waals surface area contributed by atoms with Gasteiger partial charge in [0.25, 0.3) is 0 Å². The maximum atomic E-state index is 10.9. The molecule has 0 aromatic heterocycles. The summed E-state index contributed by atoms with van der Waals surface area (Å²) in [7, 11) is 1.51. The molecule has 94 valence electrons. The van der Waals surface area contributed by atoms with Gasteiger partial charge in [0.05, 0.1) is 0 Å². The number of hydrazine groups is 1. The number of carbonyl (C=O) groups is 2. The van der Waals surface area contributed by atoms with Crippen LogP contribution in [0.2, 0.25) is 0 Å². The van der Waals surface area contributed by atoms with Crippen molar-refractivity contribution >= 4 is 11.9 Å². The van der Waals surface area contributed by atoms with E-state index >= 15 is 0 Å². The summed E-state index contributed by atoms with van der Waals surface area (Å²) >= 11 is 0. The van der Waals surface area contributed by atoms with Crippen LogP contribution >= 0.6 is 0 Å². The molecule has 7 nitrogen and oxygen atoms in total. The lowest BCUT2D eigenvalue weighted by Gasteiger charge is -2.27. The Morgan fingerprint density at radius 3 is 2.31 bits per heavy atom. The highest BCUT2D eigenvalue weighted by Gasteiger charge is 2.24. The topological polar surface area (TPSA) is 116 Å². The summed E-state index contributed by atoms with van der Waals surface area (Å²) in [4.78, 5) is 21.5. The van der Waals surface area contributed by atoms with Gasteiger partial charge in [-0.2, -0.15) is 0 Å². The molecule has 0 aromatic carbocycles. The Morgan fingerprint density at radius 1 is 1.38 bits per heavy atom. The van der Waals surface area contributed by atoms with Crippen LogP contribution in [0.15, 0.2) is 0 Å². The Hall–Kier alpha value is -1.18. The molecule has 5 N–H and O–H groups in total. The van der Waals surface area contributed by atoms with E-state index in [1.54, 1.807) is 0 Å². The smallest absolute Gasteiger partial charge is 0.322 e. The van der Waals surface area contributed by atoms with Crippen molar-refractivity contribution in [1.29, 1.82) is 0 Å². The zero-order valence-electron chi connectivity index (χ0n) is 9.51. The summed E-state index contributed by atoms with van der Waals surface area (Å²) in [5, 5.41) is 18.9. The molecular formula is C9H19N3O4. The fraction of sp³-hybridized carbons (Fsp3) is 0.778. The van der Waals surface area contributed by atoms with E-state index in [1.807, 2.05) is 0 Å². The van der Waals surface area contributed by atoms with E-state index in [-0.39, 0.29) is 0 Å². The molecule has 16 heavy (non-hydrogen) atoms. The summed E-state index contributed by atoms with van der Waals surface area (Å²) in [6, 6.07) is -1.60. The molecule has 0 amide bonds. The fourth-order valence-electron chi connectivity index (χ4n) is 1.24. The van der Waals surface area contributed by atoms with Crippen LogP contribution in [0.5, 0.6) is 0 Å². The van der Waals surface area contributed by atoms with Gasteiger partial charge in [0.15, 0.2) is 0 Å². The number of likely N-dealkylation sites (N-methyl/N-ethyl adjacent to an activating group) is 1. The maximum absolute atomic E-state index is 10.9. The number of hydrogen-bond acceptors (Lipinski definition) is 5. The molecule has 0 saturated heterocycles. The van der Waals surface area contributed by atoms with Crippen LogP contribution in [0, 0.1) is 0 Å². The molecule has 0 saturated carbocycles. The number of carboxylic acids is 2. The SMILES string of the molecule is C[C@H](NN(C)[C@@H](CCCN)C(=O)O)C(=O)O. The minimum atomic E-state index is -1.03. The number of nitrogens with one attached hydrogen (secondary N) is 1. The summed E-state index contributed by atoms with van der Waals surface area (Å²) < 4.78 is 0. The molecule has 0 aliphatic carbocycles. The summed E-state index contributed by atoms with van der Waals surface area (Å²) in [6.07, 6.45) is 0.951. The molecule has 0 aliphatic rings. The molecule has 2 atom stereocenters. The van der Waals surface area contributed by atoms with E-state index in [0.717, 1.165) is 0 Å². The number of aliphatic carboxylic acids is 2. The summed E-state index contributed by atoms with van der Waals surface area (Å²) in [6.45, 7) is 1.85. The molecule has 7 heteroatoms. The third-order valence-corrected chi connectivity index (χ3v) is 2.20. The molecule has 0 aromatic rings. The Kier molecular flexibility index (Phi) is 6.63. The van der Waals surface area contributed by atoms with E-state index in [4.69, 9.17) is 15.9 Å². The highest BCUT2D eigenvalue weighted by molar-refractivity contribution is 5.74. The second kappa shape index (κ2) is 7.15. The lowest BCUT2D eigenvalue weighted by molar-refractivity contribution is -0.148. The summed E-state index contributed by atoms with van der Waals surface area (Å²) in [5.74, 6) is -2.03.